The number of fused-ring (bicyclic) bond motifs is 1. The average molecular weight is 234 g/mol. The summed E-state index contributed by atoms with van der Waals surface area (Å²) >= 11 is 0. The third kappa shape index (κ3) is 2.38. The van der Waals surface area contributed by atoms with Gasteiger partial charge >= 0.3 is 0 Å². The third-order valence-electron chi connectivity index (χ3n) is 2.65. The van der Waals surface area contributed by atoms with Crippen LogP contribution in [-0.2, 0) is 6.42 Å². The zero-order chi connectivity index (χ0) is 12.6. The van der Waals surface area contributed by atoms with Gasteiger partial charge in [0.05, 0.1) is 0 Å². The largest absolute Gasteiger partial charge is 0.504 e. The second kappa shape index (κ2) is 3.99. The van der Waals surface area contributed by atoms with Crippen LogP contribution in [0.5, 0.6) is 17.2 Å². The Morgan fingerprint density at radius 2 is 2.24 bits per heavy atom. The Hall–Kier alpha value is -1.64. The zero-order valence-electron chi connectivity index (χ0n) is 10.5. The Bertz CT molecular complexity index is 461. The molecule has 17 heavy (non-hydrogen) atoms. The van der Waals surface area contributed by atoms with Crippen molar-refractivity contribution in [3.8, 4) is 17.2 Å². The van der Waals surface area contributed by atoms with E-state index in [1.807, 2.05) is 20.8 Å². The smallest absolute Gasteiger partial charge is 0.168 e. The van der Waals surface area contributed by atoms with E-state index in [-0.39, 0.29) is 11.4 Å². The van der Waals surface area contributed by atoms with E-state index in [4.69, 9.17) is 9.47 Å². The molecule has 0 fully saturated rings. The summed E-state index contributed by atoms with van der Waals surface area (Å²) in [5.74, 6) is 1.49. The molecule has 0 atom stereocenters. The molecule has 1 N–H and O–H groups in total. The standard InChI is InChI=1S/C14H18O3/c1-9(2)8-16-12-6-5-11(15)13-10(12)7-14(3,4)17-13/h5-6,15H,1,7-8H2,2-4H3. The summed E-state index contributed by atoms with van der Waals surface area (Å²) in [4.78, 5) is 0. The molecular weight excluding hydrogens is 216 g/mol. The fourth-order valence-electron chi connectivity index (χ4n) is 1.95. The molecule has 3 heteroatoms. The monoisotopic (exact) mass is 234 g/mol. The summed E-state index contributed by atoms with van der Waals surface area (Å²) < 4.78 is 11.4. The number of hydrogen-bond acceptors (Lipinski definition) is 3. The quantitative estimate of drug-likeness (QED) is 0.817. The molecule has 3 nitrogen and oxygen atoms in total. The van der Waals surface area contributed by atoms with Gasteiger partial charge in [0.1, 0.15) is 18.0 Å². The fraction of sp³-hybridized carbons (Fsp3) is 0.429. The van der Waals surface area contributed by atoms with Crippen LogP contribution in [0.25, 0.3) is 0 Å². The van der Waals surface area contributed by atoms with E-state index in [0.717, 1.165) is 23.3 Å². The molecule has 0 spiro atoms. The van der Waals surface area contributed by atoms with Gasteiger partial charge in [-0.25, -0.2) is 0 Å². The number of rotatable bonds is 3. The lowest BCUT2D eigenvalue weighted by atomic mass is 10.0. The first-order chi connectivity index (χ1) is 7.89. The van der Waals surface area contributed by atoms with E-state index in [9.17, 15) is 5.11 Å². The molecule has 1 aromatic rings. The average Bonchev–Trinajstić information content (AvgIpc) is 2.53. The third-order valence-corrected chi connectivity index (χ3v) is 2.65. The van der Waals surface area contributed by atoms with E-state index in [1.54, 1.807) is 12.1 Å². The van der Waals surface area contributed by atoms with Crippen molar-refractivity contribution in [1.82, 2.24) is 0 Å². The molecule has 92 valence electrons. The van der Waals surface area contributed by atoms with Crippen LogP contribution in [0.15, 0.2) is 24.3 Å². The van der Waals surface area contributed by atoms with Crippen molar-refractivity contribution in [2.24, 2.45) is 0 Å². The molecule has 0 aromatic heterocycles. The number of ether oxygens (including phenoxy) is 2. The highest BCUT2D eigenvalue weighted by molar-refractivity contribution is 5.56. The van der Waals surface area contributed by atoms with Gasteiger partial charge in [0, 0.05) is 12.0 Å². The first-order valence-corrected chi connectivity index (χ1v) is 5.70. The lowest BCUT2D eigenvalue weighted by Crippen LogP contribution is -2.24. The maximum absolute atomic E-state index is 9.77. The molecule has 0 radical (unpaired) electrons. The molecule has 0 saturated heterocycles. The first-order valence-electron chi connectivity index (χ1n) is 5.70. The second-order valence-electron chi connectivity index (χ2n) is 5.17. The highest BCUT2D eigenvalue weighted by Gasteiger charge is 2.34. The van der Waals surface area contributed by atoms with Crippen LogP contribution in [0.3, 0.4) is 0 Å². The van der Waals surface area contributed by atoms with Gasteiger partial charge in [0.2, 0.25) is 0 Å². The zero-order valence-corrected chi connectivity index (χ0v) is 10.5. The number of phenolic OH excluding ortho intramolecular Hbond substituents is 1. The highest BCUT2D eigenvalue weighted by Crippen LogP contribution is 2.45. The van der Waals surface area contributed by atoms with Crippen LogP contribution in [0.2, 0.25) is 0 Å². The topological polar surface area (TPSA) is 38.7 Å². The van der Waals surface area contributed by atoms with Gasteiger partial charge in [-0.15, -0.1) is 0 Å². The molecule has 1 heterocycles. The van der Waals surface area contributed by atoms with Crippen LogP contribution < -0.4 is 9.47 Å². The van der Waals surface area contributed by atoms with Gasteiger partial charge in [-0.2, -0.15) is 0 Å². The lowest BCUT2D eigenvalue weighted by Gasteiger charge is -2.16. The minimum absolute atomic E-state index is 0.174. The highest BCUT2D eigenvalue weighted by atomic mass is 16.5. The maximum Gasteiger partial charge on any atom is 0.168 e. The van der Waals surface area contributed by atoms with Crippen molar-refractivity contribution in [2.45, 2.75) is 32.8 Å². The van der Waals surface area contributed by atoms with Crippen molar-refractivity contribution in [3.63, 3.8) is 0 Å². The molecule has 0 bridgehead atoms. The van der Waals surface area contributed by atoms with E-state index >= 15 is 0 Å². The fourth-order valence-corrected chi connectivity index (χ4v) is 1.95. The van der Waals surface area contributed by atoms with Crippen LogP contribution in [0.4, 0.5) is 0 Å². The molecule has 1 aliphatic heterocycles. The molecule has 0 unspecified atom stereocenters. The van der Waals surface area contributed by atoms with Crippen molar-refractivity contribution >= 4 is 0 Å². The summed E-state index contributed by atoms with van der Waals surface area (Å²) in [5.41, 5.74) is 1.61. The van der Waals surface area contributed by atoms with Crippen molar-refractivity contribution in [3.05, 3.63) is 29.8 Å². The predicted octanol–water partition coefficient (Wildman–Crippen LogP) is 3.06. The Morgan fingerprint density at radius 1 is 1.53 bits per heavy atom. The van der Waals surface area contributed by atoms with Crippen LogP contribution in [0, 0.1) is 0 Å². The van der Waals surface area contributed by atoms with Gasteiger partial charge in [-0.05, 0) is 38.5 Å². The molecule has 0 saturated carbocycles. The number of phenols is 1. The summed E-state index contributed by atoms with van der Waals surface area (Å²) in [6.45, 7) is 10.2. The summed E-state index contributed by atoms with van der Waals surface area (Å²) in [5, 5.41) is 9.77. The minimum atomic E-state index is -0.289. The maximum atomic E-state index is 9.77. The summed E-state index contributed by atoms with van der Waals surface area (Å²) in [7, 11) is 0. The van der Waals surface area contributed by atoms with E-state index in [1.165, 1.54) is 0 Å². The van der Waals surface area contributed by atoms with Gasteiger partial charge in [-0.1, -0.05) is 6.58 Å². The van der Waals surface area contributed by atoms with E-state index in [0.29, 0.717) is 12.4 Å². The summed E-state index contributed by atoms with van der Waals surface area (Å²) in [6, 6.07) is 3.38. The molecule has 1 aliphatic rings. The lowest BCUT2D eigenvalue weighted by molar-refractivity contribution is 0.134. The normalized spacial score (nSPS) is 16.2. The van der Waals surface area contributed by atoms with Crippen molar-refractivity contribution in [2.75, 3.05) is 6.61 Å². The second-order valence-corrected chi connectivity index (χ2v) is 5.17. The van der Waals surface area contributed by atoms with Crippen molar-refractivity contribution in [1.29, 1.82) is 0 Å². The minimum Gasteiger partial charge on any atom is -0.504 e. The van der Waals surface area contributed by atoms with Crippen molar-refractivity contribution < 1.29 is 14.6 Å². The van der Waals surface area contributed by atoms with Crippen LogP contribution in [0.1, 0.15) is 26.3 Å². The van der Waals surface area contributed by atoms with E-state index in [2.05, 4.69) is 6.58 Å². The Balaban J connectivity index is 2.32. The molecule has 0 amide bonds. The molecule has 2 rings (SSSR count). The van der Waals surface area contributed by atoms with Gasteiger partial charge in [0.25, 0.3) is 0 Å². The van der Waals surface area contributed by atoms with Gasteiger partial charge in [-0.3, -0.25) is 0 Å². The first kappa shape index (κ1) is 11.8. The Labute approximate surface area is 102 Å². The number of aromatic hydroxyl groups is 1. The number of benzene rings is 1. The summed E-state index contributed by atoms with van der Waals surface area (Å²) in [6.07, 6.45) is 0.738. The number of hydrogen-bond donors (Lipinski definition) is 1. The Morgan fingerprint density at radius 3 is 2.88 bits per heavy atom. The molecule has 1 aromatic carbocycles. The molecule has 0 aliphatic carbocycles. The van der Waals surface area contributed by atoms with Gasteiger partial charge < -0.3 is 14.6 Å². The predicted molar refractivity (Wildman–Crippen MR) is 66.8 cm³/mol. The molecular formula is C14H18O3. The van der Waals surface area contributed by atoms with Gasteiger partial charge in [0.15, 0.2) is 11.5 Å². The SMILES string of the molecule is C=C(C)COc1ccc(O)c2c1CC(C)(C)O2. The van der Waals surface area contributed by atoms with E-state index < -0.39 is 0 Å². The van der Waals surface area contributed by atoms with Crippen LogP contribution in [-0.4, -0.2) is 17.3 Å². The van der Waals surface area contributed by atoms with Crippen LogP contribution >= 0.6 is 0 Å². The Kier molecular flexibility index (Phi) is 2.77.